The fraction of sp³-hybridized carbons (Fsp3) is 0.613. The Morgan fingerprint density at radius 2 is 1.84 bits per heavy atom. The minimum absolute atomic E-state index is 0.0260. The molecule has 12 nitrogen and oxygen atoms in total. The number of halogens is 2. The van der Waals surface area contributed by atoms with Gasteiger partial charge in [-0.2, -0.15) is 0 Å². The molecular weight excluding hydrogens is 592 g/mol. The summed E-state index contributed by atoms with van der Waals surface area (Å²) in [6, 6.07) is 4.86. The molecule has 2 aliphatic heterocycles. The number of hydrogen-bond donors (Lipinski definition) is 3. The molecule has 1 aromatic heterocycles. The molecule has 3 N–H and O–H groups in total. The lowest BCUT2D eigenvalue weighted by Crippen LogP contribution is -2.56. The summed E-state index contributed by atoms with van der Waals surface area (Å²) >= 11 is 0. The van der Waals surface area contributed by atoms with Gasteiger partial charge < -0.3 is 30.1 Å². The molecule has 3 fully saturated rings. The Labute approximate surface area is 259 Å². The van der Waals surface area contributed by atoms with Gasteiger partial charge >= 0.3 is 12.1 Å². The number of alkyl halides is 2. The third-order valence-corrected chi connectivity index (χ3v) is 8.46. The van der Waals surface area contributed by atoms with E-state index in [1.54, 1.807) is 39.0 Å². The topological polar surface area (TPSA) is 160 Å². The van der Waals surface area contributed by atoms with Crippen molar-refractivity contribution in [1.29, 1.82) is 0 Å². The van der Waals surface area contributed by atoms with E-state index < -0.39 is 77.9 Å². The highest BCUT2D eigenvalue weighted by Gasteiger charge is 2.64. The Kier molecular flexibility index (Phi) is 8.87. The number of para-hydroxylation sites is 2. The van der Waals surface area contributed by atoms with Crippen molar-refractivity contribution >= 4 is 34.9 Å². The third-order valence-electron chi connectivity index (χ3n) is 8.46. The third kappa shape index (κ3) is 7.59. The van der Waals surface area contributed by atoms with Gasteiger partial charge in [-0.15, -0.1) is 0 Å². The number of carbonyl (C=O) groups is 4. The lowest BCUT2D eigenvalue weighted by Gasteiger charge is -2.30. The Hall–Kier alpha value is -4.10. The van der Waals surface area contributed by atoms with E-state index in [-0.39, 0.29) is 38.1 Å². The summed E-state index contributed by atoms with van der Waals surface area (Å²) in [4.78, 5) is 62.8. The number of carboxylic acids is 1. The maximum atomic E-state index is 14.8. The van der Waals surface area contributed by atoms with Gasteiger partial charge in [0.2, 0.25) is 23.6 Å². The van der Waals surface area contributed by atoms with Crippen LogP contribution in [0.2, 0.25) is 0 Å². The first kappa shape index (κ1) is 32.3. The number of nitrogens with zero attached hydrogens (tertiary/aromatic N) is 3. The van der Waals surface area contributed by atoms with Crippen molar-refractivity contribution in [2.75, 3.05) is 6.54 Å². The first-order valence-corrected chi connectivity index (χ1v) is 15.3. The molecule has 3 heterocycles. The molecule has 5 atom stereocenters. The quantitative estimate of drug-likeness (QED) is 0.456. The van der Waals surface area contributed by atoms with E-state index in [9.17, 15) is 33.1 Å². The standard InChI is InChI=1S/C31H39F2N5O7/c1-29(2,3)45-28(43)36-22-11-5-4-8-12-30(32,33)14-18-15-31(18,27(41)42)37-25(39)23-13-19(17-38(23)26(22)40)44-24-16-34-20-9-6-7-10-21(20)35-24/h6-7,9-10,16,18-19,22-23H,4-5,8,11-15,17H2,1-3H3,(H,36,43)(H,37,39)(H,41,42). The fourth-order valence-corrected chi connectivity index (χ4v) is 6.17. The van der Waals surface area contributed by atoms with Gasteiger partial charge in [-0.05, 0) is 52.2 Å². The van der Waals surface area contributed by atoms with Crippen LogP contribution in [0.5, 0.6) is 5.88 Å². The molecule has 3 amide bonds. The van der Waals surface area contributed by atoms with E-state index in [0.29, 0.717) is 23.9 Å². The van der Waals surface area contributed by atoms with Crippen LogP contribution in [0.15, 0.2) is 30.5 Å². The van der Waals surface area contributed by atoms with Crippen LogP contribution in [0.25, 0.3) is 11.0 Å². The van der Waals surface area contributed by atoms with Crippen molar-refractivity contribution in [3.8, 4) is 5.88 Å². The molecule has 0 bridgehead atoms. The molecule has 5 unspecified atom stereocenters. The molecule has 244 valence electrons. The number of amides is 3. The Morgan fingerprint density at radius 3 is 2.56 bits per heavy atom. The van der Waals surface area contributed by atoms with Gasteiger partial charge in [0.25, 0.3) is 0 Å². The number of aromatic nitrogens is 2. The maximum Gasteiger partial charge on any atom is 0.408 e. The van der Waals surface area contributed by atoms with Crippen molar-refractivity contribution in [3.63, 3.8) is 0 Å². The lowest BCUT2D eigenvalue weighted by molar-refractivity contribution is -0.146. The summed E-state index contributed by atoms with van der Waals surface area (Å²) in [6.07, 6.45) is -0.440. The number of carbonyl (C=O) groups excluding carboxylic acids is 3. The van der Waals surface area contributed by atoms with Gasteiger partial charge in [0.1, 0.15) is 29.3 Å². The molecule has 0 radical (unpaired) electrons. The van der Waals surface area contributed by atoms with Crippen LogP contribution in [0.4, 0.5) is 13.6 Å². The Bertz CT molecular complexity index is 1470. The van der Waals surface area contributed by atoms with E-state index in [2.05, 4.69) is 20.6 Å². The van der Waals surface area contributed by atoms with Crippen LogP contribution >= 0.6 is 0 Å². The first-order valence-electron chi connectivity index (χ1n) is 15.3. The van der Waals surface area contributed by atoms with Crippen LogP contribution in [-0.4, -0.2) is 85.6 Å². The van der Waals surface area contributed by atoms with E-state index in [0.717, 1.165) is 0 Å². The smallest absolute Gasteiger partial charge is 0.408 e. The van der Waals surface area contributed by atoms with E-state index in [1.807, 2.05) is 6.07 Å². The maximum absolute atomic E-state index is 14.8. The molecule has 1 saturated carbocycles. The summed E-state index contributed by atoms with van der Waals surface area (Å²) in [7, 11) is 0. The number of rotatable bonds is 4. The van der Waals surface area contributed by atoms with Crippen LogP contribution in [0.3, 0.4) is 0 Å². The van der Waals surface area contributed by atoms with Crippen LogP contribution in [0, 0.1) is 5.92 Å². The second-order valence-electron chi connectivity index (χ2n) is 13.2. The van der Waals surface area contributed by atoms with Gasteiger partial charge in [0.05, 0.1) is 23.8 Å². The van der Waals surface area contributed by atoms with Crippen molar-refractivity contribution < 1.29 is 42.5 Å². The van der Waals surface area contributed by atoms with Crippen LogP contribution in [-0.2, 0) is 19.1 Å². The van der Waals surface area contributed by atoms with Gasteiger partial charge in [0, 0.05) is 25.2 Å². The highest BCUT2D eigenvalue weighted by molar-refractivity contribution is 5.96. The van der Waals surface area contributed by atoms with Gasteiger partial charge in [0.15, 0.2) is 0 Å². The predicted octanol–water partition coefficient (Wildman–Crippen LogP) is 3.82. The molecule has 2 saturated heterocycles. The molecule has 45 heavy (non-hydrogen) atoms. The number of hydrogen-bond acceptors (Lipinski definition) is 8. The van der Waals surface area contributed by atoms with Crippen LogP contribution < -0.4 is 15.4 Å². The summed E-state index contributed by atoms with van der Waals surface area (Å²) in [5.74, 6) is -6.68. The average molecular weight is 632 g/mol. The number of carboxylic acid groups (broad SMARTS) is 1. The van der Waals surface area contributed by atoms with E-state index in [1.165, 1.54) is 11.1 Å². The van der Waals surface area contributed by atoms with Crippen LogP contribution in [0.1, 0.15) is 72.1 Å². The predicted molar refractivity (Wildman–Crippen MR) is 156 cm³/mol. The summed E-state index contributed by atoms with van der Waals surface area (Å²) in [6.45, 7) is 4.95. The first-order chi connectivity index (χ1) is 21.2. The SMILES string of the molecule is CC(C)(C)OC(=O)NC1CCCCCC(F)(F)CC2CC2(C(=O)O)NC(=O)C2CC(Oc3cnc4ccccc4n3)CN2C1=O. The zero-order valence-corrected chi connectivity index (χ0v) is 25.6. The highest BCUT2D eigenvalue weighted by atomic mass is 19.3. The molecule has 3 aliphatic rings. The summed E-state index contributed by atoms with van der Waals surface area (Å²) < 4.78 is 41.1. The van der Waals surface area contributed by atoms with Crippen molar-refractivity contribution in [1.82, 2.24) is 25.5 Å². The molecule has 1 aromatic carbocycles. The van der Waals surface area contributed by atoms with E-state index >= 15 is 0 Å². The monoisotopic (exact) mass is 631 g/mol. The fourth-order valence-electron chi connectivity index (χ4n) is 6.17. The molecular formula is C31H39F2N5O7. The van der Waals surface area contributed by atoms with Gasteiger partial charge in [-0.1, -0.05) is 25.0 Å². The number of nitrogens with one attached hydrogen (secondary N) is 2. The number of alkyl carbamates (subject to hydrolysis) is 1. The molecule has 0 spiro atoms. The Balaban J connectivity index is 1.43. The molecule has 5 rings (SSSR count). The Morgan fingerprint density at radius 1 is 1.11 bits per heavy atom. The highest BCUT2D eigenvalue weighted by Crippen LogP contribution is 2.50. The number of benzene rings is 1. The largest absolute Gasteiger partial charge is 0.479 e. The zero-order chi connectivity index (χ0) is 32.6. The van der Waals surface area contributed by atoms with Crippen molar-refractivity contribution in [3.05, 3.63) is 30.5 Å². The van der Waals surface area contributed by atoms with E-state index in [4.69, 9.17) is 9.47 Å². The average Bonchev–Trinajstić information content (AvgIpc) is 3.45. The molecule has 14 heteroatoms. The number of aliphatic carboxylic acids is 1. The summed E-state index contributed by atoms with van der Waals surface area (Å²) in [5.41, 5.74) is -1.47. The second kappa shape index (κ2) is 12.4. The minimum atomic E-state index is -3.12. The number of ether oxygens (including phenoxy) is 2. The number of fused-ring (bicyclic) bond motifs is 3. The minimum Gasteiger partial charge on any atom is -0.479 e. The molecule has 1 aliphatic carbocycles. The van der Waals surface area contributed by atoms with Crippen molar-refractivity contribution in [2.45, 2.75) is 107 Å². The summed E-state index contributed by atoms with van der Waals surface area (Å²) in [5, 5.41) is 15.1. The lowest BCUT2D eigenvalue weighted by atomic mass is 10.0. The molecule has 2 aromatic rings. The second-order valence-corrected chi connectivity index (χ2v) is 13.2. The van der Waals surface area contributed by atoms with Crippen molar-refractivity contribution in [2.24, 2.45) is 5.92 Å². The van der Waals surface area contributed by atoms with Gasteiger partial charge in [-0.25, -0.2) is 28.3 Å². The zero-order valence-electron chi connectivity index (χ0n) is 25.6. The normalized spacial score (nSPS) is 29.0. The van der Waals surface area contributed by atoms with Gasteiger partial charge in [-0.3, -0.25) is 9.59 Å².